The molecular weight excluding hydrogens is 348 g/mol. The van der Waals surface area contributed by atoms with Crippen LogP contribution in [0, 0.1) is 0 Å². The first-order chi connectivity index (χ1) is 13.0. The quantitative estimate of drug-likeness (QED) is 0.789. The summed E-state index contributed by atoms with van der Waals surface area (Å²) < 4.78 is 10.2. The molecule has 1 heterocycles. The van der Waals surface area contributed by atoms with E-state index in [0.717, 1.165) is 11.3 Å². The van der Waals surface area contributed by atoms with Gasteiger partial charge in [-0.3, -0.25) is 0 Å². The van der Waals surface area contributed by atoms with Crippen LogP contribution in [-0.2, 0) is 4.74 Å². The first-order valence-electron chi connectivity index (χ1n) is 9.12. The molecule has 1 aromatic carbocycles. The van der Waals surface area contributed by atoms with Gasteiger partial charge >= 0.3 is 12.1 Å². The highest BCUT2D eigenvalue weighted by Crippen LogP contribution is 2.27. The Labute approximate surface area is 160 Å². The molecule has 2 N–H and O–H groups in total. The molecule has 1 saturated heterocycles. The second-order valence-corrected chi connectivity index (χ2v) is 6.81. The Kier molecular flexibility index (Phi) is 7.72. The van der Waals surface area contributed by atoms with Crippen LogP contribution in [0.2, 0.25) is 0 Å². The van der Waals surface area contributed by atoms with Crippen LogP contribution in [0.3, 0.4) is 0 Å². The molecule has 0 bridgehead atoms. The summed E-state index contributed by atoms with van der Waals surface area (Å²) in [6.07, 6.45) is 1.11. The number of nitrogens with zero attached hydrogens (tertiary/aromatic N) is 2. The number of likely N-dealkylation sites (tertiary alicyclic amines) is 1. The van der Waals surface area contributed by atoms with Gasteiger partial charge in [0.25, 0.3) is 0 Å². The van der Waals surface area contributed by atoms with E-state index in [9.17, 15) is 9.59 Å². The molecule has 0 spiro atoms. The van der Waals surface area contributed by atoms with Crippen molar-refractivity contribution in [1.82, 2.24) is 20.4 Å². The summed E-state index contributed by atoms with van der Waals surface area (Å²) in [5.41, 5.74) is 1.02. The van der Waals surface area contributed by atoms with Crippen LogP contribution in [0.4, 0.5) is 9.59 Å². The zero-order valence-corrected chi connectivity index (χ0v) is 16.5. The number of ether oxygens (including phenoxy) is 2. The van der Waals surface area contributed by atoms with Crippen molar-refractivity contribution in [3.05, 3.63) is 29.8 Å². The zero-order chi connectivity index (χ0) is 19.8. The van der Waals surface area contributed by atoms with E-state index in [4.69, 9.17) is 9.47 Å². The number of para-hydroxylation sites is 1. The molecule has 1 unspecified atom stereocenters. The second kappa shape index (κ2) is 10.0. The van der Waals surface area contributed by atoms with Crippen molar-refractivity contribution in [3.8, 4) is 5.75 Å². The van der Waals surface area contributed by atoms with Crippen molar-refractivity contribution < 1.29 is 19.1 Å². The average molecular weight is 378 g/mol. The van der Waals surface area contributed by atoms with Gasteiger partial charge < -0.3 is 29.9 Å². The summed E-state index contributed by atoms with van der Waals surface area (Å²) in [4.78, 5) is 27.5. The number of piperidine rings is 1. The molecule has 8 nitrogen and oxygen atoms in total. The monoisotopic (exact) mass is 378 g/mol. The lowest BCUT2D eigenvalue weighted by Gasteiger charge is -2.31. The Morgan fingerprint density at radius 3 is 2.48 bits per heavy atom. The van der Waals surface area contributed by atoms with E-state index >= 15 is 0 Å². The predicted molar refractivity (Wildman–Crippen MR) is 103 cm³/mol. The van der Waals surface area contributed by atoms with E-state index < -0.39 is 0 Å². The van der Waals surface area contributed by atoms with Crippen LogP contribution in [0.25, 0.3) is 0 Å². The van der Waals surface area contributed by atoms with Crippen molar-refractivity contribution >= 4 is 12.1 Å². The maximum absolute atomic E-state index is 12.3. The van der Waals surface area contributed by atoms with Crippen LogP contribution >= 0.6 is 0 Å². The van der Waals surface area contributed by atoms with Gasteiger partial charge in [0.05, 0.1) is 20.3 Å². The fraction of sp³-hybridized carbons (Fsp3) is 0.579. The van der Waals surface area contributed by atoms with E-state index in [-0.39, 0.29) is 24.2 Å². The molecular formula is C19H30N4O4. The largest absolute Gasteiger partial charge is 0.496 e. The van der Waals surface area contributed by atoms with Crippen molar-refractivity contribution in [2.75, 3.05) is 47.9 Å². The minimum Gasteiger partial charge on any atom is -0.496 e. The van der Waals surface area contributed by atoms with Crippen molar-refractivity contribution in [2.24, 2.45) is 0 Å². The van der Waals surface area contributed by atoms with E-state index in [2.05, 4.69) is 10.6 Å². The molecule has 1 aliphatic rings. The minimum atomic E-state index is -0.316. The molecule has 0 radical (unpaired) electrons. The molecule has 0 aliphatic carbocycles. The third-order valence-electron chi connectivity index (χ3n) is 4.84. The first-order valence-corrected chi connectivity index (χ1v) is 9.12. The lowest BCUT2D eigenvalue weighted by Crippen LogP contribution is -2.50. The number of likely N-dealkylation sites (N-methyl/N-ethyl adjacent to an activating group) is 1. The molecule has 3 amide bonds. The van der Waals surface area contributed by atoms with E-state index in [1.54, 1.807) is 12.0 Å². The Morgan fingerprint density at radius 1 is 1.22 bits per heavy atom. The molecule has 0 aromatic heterocycles. The molecule has 1 aliphatic heterocycles. The summed E-state index contributed by atoms with van der Waals surface area (Å²) in [6, 6.07) is 7.66. The van der Waals surface area contributed by atoms with Crippen molar-refractivity contribution in [2.45, 2.75) is 24.9 Å². The summed E-state index contributed by atoms with van der Waals surface area (Å²) in [6.45, 7) is 1.62. The molecule has 1 atom stereocenters. The molecule has 8 heteroatoms. The highest BCUT2D eigenvalue weighted by atomic mass is 16.5. The zero-order valence-electron chi connectivity index (χ0n) is 16.5. The standard InChI is InChI=1S/C19H30N4O4/c1-22(2)16(15-7-5-6-8-17(15)26-3)13-20-18(24)21-14-9-11-23(12-10-14)19(25)27-4/h5-8,14,16H,9-13H2,1-4H3,(H2,20,21,24). The summed E-state index contributed by atoms with van der Waals surface area (Å²) in [5.74, 6) is 0.800. The third kappa shape index (κ3) is 5.75. The molecule has 1 fully saturated rings. The van der Waals surface area contributed by atoms with E-state index in [1.165, 1.54) is 7.11 Å². The topological polar surface area (TPSA) is 83.1 Å². The van der Waals surface area contributed by atoms with Gasteiger partial charge in [-0.15, -0.1) is 0 Å². The number of methoxy groups -OCH3 is 2. The van der Waals surface area contributed by atoms with Gasteiger partial charge in [-0.05, 0) is 33.0 Å². The van der Waals surface area contributed by atoms with E-state index in [1.807, 2.05) is 43.3 Å². The minimum absolute atomic E-state index is 0.00641. The fourth-order valence-electron chi connectivity index (χ4n) is 3.27. The highest BCUT2D eigenvalue weighted by Gasteiger charge is 2.25. The van der Waals surface area contributed by atoms with Gasteiger partial charge in [0.1, 0.15) is 5.75 Å². The predicted octanol–water partition coefficient (Wildman–Crippen LogP) is 1.83. The van der Waals surface area contributed by atoms with Crippen LogP contribution in [-0.4, -0.2) is 75.9 Å². The maximum atomic E-state index is 12.3. The maximum Gasteiger partial charge on any atom is 0.409 e. The summed E-state index contributed by atoms with van der Waals surface area (Å²) >= 11 is 0. The van der Waals surface area contributed by atoms with Gasteiger partial charge in [-0.25, -0.2) is 9.59 Å². The Balaban J connectivity index is 1.85. The Hall–Kier alpha value is -2.48. The average Bonchev–Trinajstić information content (AvgIpc) is 2.68. The molecule has 150 valence electrons. The molecule has 2 rings (SSSR count). The number of carbonyl (C=O) groups excluding carboxylic acids is 2. The normalized spacial score (nSPS) is 16.0. The molecule has 0 saturated carbocycles. The third-order valence-corrected chi connectivity index (χ3v) is 4.84. The van der Waals surface area contributed by atoms with Crippen molar-refractivity contribution in [3.63, 3.8) is 0 Å². The number of amides is 3. The van der Waals surface area contributed by atoms with Crippen LogP contribution in [0.1, 0.15) is 24.4 Å². The summed E-state index contributed by atoms with van der Waals surface area (Å²) in [7, 11) is 6.97. The van der Waals surface area contributed by atoms with Crippen LogP contribution in [0.15, 0.2) is 24.3 Å². The van der Waals surface area contributed by atoms with Gasteiger partial charge in [-0.1, -0.05) is 18.2 Å². The van der Waals surface area contributed by atoms with Gasteiger partial charge in [-0.2, -0.15) is 0 Å². The Bertz CT molecular complexity index is 630. The number of hydrogen-bond acceptors (Lipinski definition) is 5. The van der Waals surface area contributed by atoms with Crippen molar-refractivity contribution in [1.29, 1.82) is 0 Å². The fourth-order valence-corrected chi connectivity index (χ4v) is 3.27. The number of hydrogen-bond donors (Lipinski definition) is 2. The Morgan fingerprint density at radius 2 is 1.89 bits per heavy atom. The lowest BCUT2D eigenvalue weighted by molar-refractivity contribution is 0.110. The molecule has 27 heavy (non-hydrogen) atoms. The number of benzene rings is 1. The van der Waals surface area contributed by atoms with Crippen LogP contribution in [0.5, 0.6) is 5.75 Å². The smallest absolute Gasteiger partial charge is 0.409 e. The van der Waals surface area contributed by atoms with Gasteiger partial charge in [0.15, 0.2) is 0 Å². The summed E-state index contributed by atoms with van der Waals surface area (Å²) in [5, 5.41) is 5.95. The number of carbonyl (C=O) groups is 2. The van der Waals surface area contributed by atoms with Gasteiger partial charge in [0.2, 0.25) is 0 Å². The second-order valence-electron chi connectivity index (χ2n) is 6.81. The van der Waals surface area contributed by atoms with Crippen LogP contribution < -0.4 is 15.4 Å². The first kappa shape index (κ1) is 20.8. The number of urea groups is 1. The number of nitrogens with one attached hydrogen (secondary N) is 2. The SMILES string of the molecule is COC(=O)N1CCC(NC(=O)NCC(c2ccccc2OC)N(C)C)CC1. The van der Waals surface area contributed by atoms with Gasteiger partial charge in [0, 0.05) is 31.2 Å². The van der Waals surface area contributed by atoms with E-state index in [0.29, 0.717) is 32.5 Å². The lowest BCUT2D eigenvalue weighted by atomic mass is 10.0. The highest BCUT2D eigenvalue weighted by molar-refractivity contribution is 5.74. The number of rotatable bonds is 6. The molecule has 1 aromatic rings.